The normalized spacial score (nSPS) is 12.0. The molecule has 0 aliphatic rings. The molecule has 1 heterocycles. The molecule has 68 valence electrons. The molecule has 0 aromatic carbocycles. The Balaban J connectivity index is 2.75. The Morgan fingerprint density at radius 2 is 2.08 bits per heavy atom. The highest BCUT2D eigenvalue weighted by Gasteiger charge is 2.28. The number of nitrogens with zero attached hydrogens (tertiary/aromatic N) is 2. The van der Waals surface area contributed by atoms with Crippen molar-refractivity contribution in [2.45, 2.75) is 19.4 Å². The van der Waals surface area contributed by atoms with E-state index in [0.29, 0.717) is 0 Å². The number of imidazole rings is 1. The van der Waals surface area contributed by atoms with Crippen molar-refractivity contribution in [2.75, 3.05) is 0 Å². The lowest BCUT2D eigenvalue weighted by Crippen LogP contribution is -2.18. The molecule has 2 nitrogen and oxygen atoms in total. The second-order valence-corrected chi connectivity index (χ2v) is 2.26. The summed E-state index contributed by atoms with van der Waals surface area (Å²) in [6, 6.07) is 0. The van der Waals surface area contributed by atoms with Gasteiger partial charge >= 0.3 is 6.18 Å². The highest BCUT2D eigenvalue weighted by atomic mass is 19.4. The van der Waals surface area contributed by atoms with Gasteiger partial charge in [0.05, 0.1) is 18.2 Å². The smallest absolute Gasteiger partial charge is 0.323 e. The summed E-state index contributed by atoms with van der Waals surface area (Å²) < 4.78 is 48.0. The van der Waals surface area contributed by atoms with Crippen LogP contribution in [0.1, 0.15) is 5.69 Å². The van der Waals surface area contributed by atoms with Crippen LogP contribution < -0.4 is 0 Å². The van der Waals surface area contributed by atoms with Crippen LogP contribution in [0, 0.1) is 0 Å². The van der Waals surface area contributed by atoms with Crippen molar-refractivity contribution in [3.8, 4) is 0 Å². The van der Waals surface area contributed by atoms with Crippen LogP contribution in [-0.4, -0.2) is 15.7 Å². The van der Waals surface area contributed by atoms with E-state index < -0.39 is 19.4 Å². The summed E-state index contributed by atoms with van der Waals surface area (Å²) in [5.41, 5.74) is -0.0627. The van der Waals surface area contributed by atoms with Gasteiger partial charge in [0.15, 0.2) is 0 Å². The molecule has 0 fully saturated rings. The largest absolute Gasteiger partial charge is 0.406 e. The summed E-state index contributed by atoms with van der Waals surface area (Å²) in [7, 11) is 0. The molecule has 0 spiro atoms. The van der Waals surface area contributed by atoms with Gasteiger partial charge in [0.25, 0.3) is 0 Å². The first-order valence-corrected chi connectivity index (χ1v) is 3.14. The SMILES string of the molecule is FCc1cncn1CC(F)(F)F. The first-order valence-electron chi connectivity index (χ1n) is 3.14. The predicted octanol–water partition coefficient (Wildman–Crippen LogP) is 1.91. The second kappa shape index (κ2) is 3.12. The van der Waals surface area contributed by atoms with E-state index >= 15 is 0 Å². The van der Waals surface area contributed by atoms with Gasteiger partial charge in [-0.05, 0) is 0 Å². The van der Waals surface area contributed by atoms with E-state index in [0.717, 1.165) is 17.1 Å². The van der Waals surface area contributed by atoms with Crippen LogP contribution in [-0.2, 0) is 13.2 Å². The fraction of sp³-hybridized carbons (Fsp3) is 0.500. The number of halogens is 4. The Hall–Kier alpha value is -1.07. The highest BCUT2D eigenvalue weighted by Crippen LogP contribution is 2.18. The average molecular weight is 182 g/mol. The van der Waals surface area contributed by atoms with Crippen molar-refractivity contribution in [3.05, 3.63) is 18.2 Å². The first-order chi connectivity index (χ1) is 5.53. The molecule has 0 bridgehead atoms. The van der Waals surface area contributed by atoms with E-state index in [1.165, 1.54) is 0 Å². The zero-order valence-corrected chi connectivity index (χ0v) is 5.98. The van der Waals surface area contributed by atoms with Crippen LogP contribution in [0.4, 0.5) is 17.6 Å². The van der Waals surface area contributed by atoms with Gasteiger partial charge in [0.2, 0.25) is 0 Å². The molecule has 0 unspecified atom stereocenters. The minimum Gasteiger partial charge on any atom is -0.323 e. The molecule has 0 saturated carbocycles. The van der Waals surface area contributed by atoms with Crippen LogP contribution in [0.3, 0.4) is 0 Å². The maximum atomic E-state index is 12.0. The van der Waals surface area contributed by atoms with E-state index in [9.17, 15) is 17.6 Å². The van der Waals surface area contributed by atoms with Gasteiger partial charge in [-0.25, -0.2) is 9.37 Å². The van der Waals surface area contributed by atoms with Gasteiger partial charge in [-0.3, -0.25) is 0 Å². The molecule has 12 heavy (non-hydrogen) atoms. The average Bonchev–Trinajstić information content (AvgIpc) is 2.31. The Morgan fingerprint density at radius 3 is 2.58 bits per heavy atom. The van der Waals surface area contributed by atoms with Crippen molar-refractivity contribution >= 4 is 0 Å². The van der Waals surface area contributed by atoms with Gasteiger partial charge in [-0.1, -0.05) is 0 Å². The maximum absolute atomic E-state index is 12.0. The molecule has 1 aromatic rings. The molecular weight excluding hydrogens is 176 g/mol. The zero-order chi connectivity index (χ0) is 9.19. The highest BCUT2D eigenvalue weighted by molar-refractivity contribution is 4.96. The second-order valence-electron chi connectivity index (χ2n) is 2.26. The molecule has 0 aliphatic heterocycles. The first kappa shape index (κ1) is 9.02. The lowest BCUT2D eigenvalue weighted by molar-refractivity contribution is -0.141. The Labute approximate surface area is 65.8 Å². The molecule has 0 N–H and O–H groups in total. The van der Waals surface area contributed by atoms with Gasteiger partial charge < -0.3 is 4.57 Å². The third-order valence-electron chi connectivity index (χ3n) is 1.29. The van der Waals surface area contributed by atoms with Crippen LogP contribution >= 0.6 is 0 Å². The summed E-state index contributed by atoms with van der Waals surface area (Å²) in [5, 5.41) is 0. The summed E-state index contributed by atoms with van der Waals surface area (Å²) in [6.45, 7) is -2.12. The summed E-state index contributed by atoms with van der Waals surface area (Å²) >= 11 is 0. The monoisotopic (exact) mass is 182 g/mol. The zero-order valence-electron chi connectivity index (χ0n) is 5.98. The van der Waals surface area contributed by atoms with Crippen molar-refractivity contribution in [3.63, 3.8) is 0 Å². The van der Waals surface area contributed by atoms with Crippen LogP contribution in [0.5, 0.6) is 0 Å². The Kier molecular flexibility index (Phi) is 2.35. The topological polar surface area (TPSA) is 17.8 Å². The minimum absolute atomic E-state index is 0.0627. The molecule has 0 radical (unpaired) electrons. The van der Waals surface area contributed by atoms with Crippen molar-refractivity contribution < 1.29 is 17.6 Å². The predicted molar refractivity (Wildman–Crippen MR) is 33.1 cm³/mol. The van der Waals surface area contributed by atoms with E-state index in [2.05, 4.69) is 4.98 Å². The number of rotatable bonds is 2. The fourth-order valence-corrected chi connectivity index (χ4v) is 0.795. The van der Waals surface area contributed by atoms with Gasteiger partial charge in [-0.2, -0.15) is 13.2 Å². The third-order valence-corrected chi connectivity index (χ3v) is 1.29. The van der Waals surface area contributed by atoms with Crippen LogP contribution in [0.2, 0.25) is 0 Å². The van der Waals surface area contributed by atoms with Gasteiger partial charge in [-0.15, -0.1) is 0 Å². The number of hydrogen-bond acceptors (Lipinski definition) is 1. The molecule has 0 aliphatic carbocycles. The standard InChI is InChI=1S/C6H6F4N2/c7-1-5-2-11-4-12(5)3-6(8,9)10/h2,4H,1,3H2. The number of hydrogen-bond donors (Lipinski definition) is 0. The van der Waals surface area contributed by atoms with Crippen molar-refractivity contribution in [1.82, 2.24) is 9.55 Å². The number of alkyl halides is 4. The lowest BCUT2D eigenvalue weighted by atomic mass is 10.5. The molecule has 6 heteroatoms. The molecule has 1 rings (SSSR count). The number of aromatic nitrogens is 2. The van der Waals surface area contributed by atoms with Crippen molar-refractivity contribution in [2.24, 2.45) is 0 Å². The Bertz CT molecular complexity index is 252. The molecule has 0 saturated heterocycles. The van der Waals surface area contributed by atoms with Crippen molar-refractivity contribution in [1.29, 1.82) is 0 Å². The summed E-state index contributed by atoms with van der Waals surface area (Å²) in [6.07, 6.45) is -2.29. The molecule has 0 amide bonds. The fourth-order valence-electron chi connectivity index (χ4n) is 0.795. The van der Waals surface area contributed by atoms with Gasteiger partial charge in [0.1, 0.15) is 13.2 Å². The van der Waals surface area contributed by atoms with E-state index in [1.807, 2.05) is 0 Å². The molecular formula is C6H6F4N2. The quantitative estimate of drug-likeness (QED) is 0.639. The lowest BCUT2D eigenvalue weighted by Gasteiger charge is -2.08. The summed E-state index contributed by atoms with van der Waals surface area (Å²) in [5.74, 6) is 0. The Morgan fingerprint density at radius 1 is 1.42 bits per heavy atom. The maximum Gasteiger partial charge on any atom is 0.406 e. The van der Waals surface area contributed by atoms with Crippen LogP contribution in [0.25, 0.3) is 0 Å². The van der Waals surface area contributed by atoms with E-state index in [-0.39, 0.29) is 5.69 Å². The van der Waals surface area contributed by atoms with E-state index in [1.54, 1.807) is 0 Å². The molecule has 0 atom stereocenters. The summed E-state index contributed by atoms with van der Waals surface area (Å²) in [4.78, 5) is 3.40. The van der Waals surface area contributed by atoms with Crippen LogP contribution in [0.15, 0.2) is 12.5 Å². The third kappa shape index (κ3) is 2.21. The van der Waals surface area contributed by atoms with E-state index in [4.69, 9.17) is 0 Å². The minimum atomic E-state index is -4.33. The van der Waals surface area contributed by atoms with Gasteiger partial charge in [0, 0.05) is 0 Å². The molecule has 1 aromatic heterocycles.